The molecule has 0 amide bonds. The van der Waals surface area contributed by atoms with Gasteiger partial charge in [-0.2, -0.15) is 0 Å². The molecule has 0 aromatic heterocycles. The summed E-state index contributed by atoms with van der Waals surface area (Å²) >= 11 is 22.7. The molecule has 0 spiro atoms. The van der Waals surface area contributed by atoms with E-state index in [0.29, 0.717) is 9.87 Å². The number of alkyl halides is 4. The minimum Gasteiger partial charge on any atom is -0.115 e. The molecule has 0 saturated heterocycles. The minimum absolute atomic E-state index is 0.410. The zero-order chi connectivity index (χ0) is 7.33. The summed E-state index contributed by atoms with van der Waals surface area (Å²) in [7, 11) is 0. The van der Waals surface area contributed by atoms with Crippen molar-refractivity contribution in [2.45, 2.75) is 3.00 Å². The van der Waals surface area contributed by atoms with E-state index < -0.39 is 3.00 Å². The molecule has 0 fully saturated rings. The lowest BCUT2D eigenvalue weighted by atomic mass is 11.8. The molecule has 6 heteroatoms. The van der Waals surface area contributed by atoms with Gasteiger partial charge in [0.15, 0.2) is 0 Å². The van der Waals surface area contributed by atoms with Crippen LogP contribution in [0.15, 0.2) is 0 Å². The first kappa shape index (κ1) is 11.1. The molecule has 0 unspecified atom stereocenters. The Kier molecular flexibility index (Phi) is 6.96. The Morgan fingerprint density at radius 3 is 2.22 bits per heavy atom. The maximum Gasteiger partial charge on any atom is 0.211 e. The Hall–Kier alpha value is 2.05. The van der Waals surface area contributed by atoms with Gasteiger partial charge in [0.05, 0.1) is 9.87 Å². The van der Waals surface area contributed by atoms with E-state index in [-0.39, 0.29) is 0 Å². The maximum absolute atomic E-state index is 5.71. The first-order chi connectivity index (χ1) is 4.12. The summed E-state index contributed by atoms with van der Waals surface area (Å²) in [6, 6.07) is 0. The van der Waals surface area contributed by atoms with E-state index in [9.17, 15) is 0 Å². The quantitative estimate of drug-likeness (QED) is 0.565. The number of thioether (sulfide) groups is 2. The lowest BCUT2D eigenvalue weighted by Gasteiger charge is -2.14. The van der Waals surface area contributed by atoms with Crippen molar-refractivity contribution in [3.63, 3.8) is 0 Å². The molecule has 0 aliphatic rings. The van der Waals surface area contributed by atoms with Gasteiger partial charge in [-0.05, 0) is 0 Å². The molecular weight excluding hydrogens is 286 g/mol. The van der Waals surface area contributed by atoms with E-state index >= 15 is 0 Å². The summed E-state index contributed by atoms with van der Waals surface area (Å²) in [6.45, 7) is 0. The second-order valence-corrected chi connectivity index (χ2v) is 7.72. The molecule has 0 nitrogen and oxygen atoms in total. The van der Waals surface area contributed by atoms with Gasteiger partial charge in [0.1, 0.15) is 0 Å². The van der Waals surface area contributed by atoms with Gasteiger partial charge in [0, 0.05) is 0 Å². The molecule has 0 bridgehead atoms. The highest BCUT2D eigenvalue weighted by atomic mass is 79.9. The second kappa shape index (κ2) is 5.67. The highest BCUT2D eigenvalue weighted by Gasteiger charge is 2.23. The third-order valence-corrected chi connectivity index (χ3v) is 4.37. The summed E-state index contributed by atoms with van der Waals surface area (Å²) in [5.41, 5.74) is 0. The van der Waals surface area contributed by atoms with E-state index in [0.717, 1.165) is 0 Å². The fourth-order valence-electron chi connectivity index (χ4n) is 0.169. The van der Waals surface area contributed by atoms with Crippen LogP contribution in [-0.2, 0) is 0 Å². The molecule has 0 aromatic carbocycles. The van der Waals surface area contributed by atoms with Crippen molar-refractivity contribution >= 4 is 74.3 Å². The molecule has 0 N–H and O–H groups in total. The fraction of sp³-hybridized carbons (Fsp3) is 1.00. The van der Waals surface area contributed by atoms with Crippen LogP contribution in [0.1, 0.15) is 0 Å². The van der Waals surface area contributed by atoms with E-state index in [1.807, 2.05) is 0 Å². The Bertz CT molecular complexity index is 71.5. The summed E-state index contributed by atoms with van der Waals surface area (Å²) in [6.07, 6.45) is 0. The van der Waals surface area contributed by atoms with Crippen molar-refractivity contribution in [3.8, 4) is 0 Å². The van der Waals surface area contributed by atoms with Crippen molar-refractivity contribution in [2.75, 3.05) is 9.87 Å². The van der Waals surface area contributed by atoms with E-state index in [1.54, 1.807) is 0 Å². The van der Waals surface area contributed by atoms with Gasteiger partial charge in [0.25, 0.3) is 0 Å². The summed E-state index contributed by atoms with van der Waals surface area (Å²) in [4.78, 5) is 0. The van der Waals surface area contributed by atoms with Crippen LogP contribution in [0.3, 0.4) is 0 Å². The molecule has 0 heterocycles. The second-order valence-electron chi connectivity index (χ2n) is 0.970. The van der Waals surface area contributed by atoms with Gasteiger partial charge < -0.3 is 0 Å². The fourth-order valence-corrected chi connectivity index (χ4v) is 5.06. The number of rotatable bonds is 4. The average Bonchev–Trinajstić information content (AvgIpc) is 1.64. The predicted molar refractivity (Wildman–Crippen MR) is 54.1 cm³/mol. The molecule has 0 rings (SSSR count). The van der Waals surface area contributed by atoms with Crippen molar-refractivity contribution in [2.24, 2.45) is 0 Å². The topological polar surface area (TPSA) is 0 Å². The molecule has 0 saturated carbocycles. The van der Waals surface area contributed by atoms with Crippen molar-refractivity contribution in [3.05, 3.63) is 0 Å². The third-order valence-electron chi connectivity index (χ3n) is 0.445. The first-order valence-corrected chi connectivity index (χ1v) is 6.28. The van der Waals surface area contributed by atoms with Crippen molar-refractivity contribution in [1.82, 2.24) is 0 Å². The summed E-state index contributed by atoms with van der Waals surface area (Å²) < 4.78 is -0.0882. The lowest BCUT2D eigenvalue weighted by molar-refractivity contribution is 1.79. The van der Waals surface area contributed by atoms with Crippen LogP contribution in [0.4, 0.5) is 0 Å². The molecular formula is C3H4BrCl3S2. The number of halogens is 4. The van der Waals surface area contributed by atoms with Crippen molar-refractivity contribution in [1.29, 1.82) is 0 Å². The standard InChI is InChI=1S/C3H4BrCl3S2/c4-1-8-3(6,7)9-2-5/h1-2H2. The van der Waals surface area contributed by atoms with Gasteiger partial charge in [-0.1, -0.05) is 50.9 Å². The average molecular weight is 290 g/mol. The van der Waals surface area contributed by atoms with Crippen LogP contribution < -0.4 is 0 Å². The van der Waals surface area contributed by atoms with E-state index in [1.165, 1.54) is 23.5 Å². The van der Waals surface area contributed by atoms with Crippen LogP contribution in [0.5, 0.6) is 0 Å². The van der Waals surface area contributed by atoms with Gasteiger partial charge in [-0.3, -0.25) is 0 Å². The Labute approximate surface area is 86.5 Å². The van der Waals surface area contributed by atoms with Gasteiger partial charge >= 0.3 is 0 Å². The molecule has 0 aliphatic heterocycles. The van der Waals surface area contributed by atoms with Crippen LogP contribution in [0.25, 0.3) is 0 Å². The Balaban J connectivity index is 3.43. The van der Waals surface area contributed by atoms with Crippen molar-refractivity contribution < 1.29 is 0 Å². The molecule has 0 aliphatic carbocycles. The molecule has 0 aromatic rings. The highest BCUT2D eigenvalue weighted by Crippen LogP contribution is 2.45. The zero-order valence-corrected chi connectivity index (χ0v) is 9.73. The molecule has 56 valence electrons. The third kappa shape index (κ3) is 6.45. The number of hydrogen-bond donors (Lipinski definition) is 0. The Morgan fingerprint density at radius 2 is 1.89 bits per heavy atom. The first-order valence-electron chi connectivity index (χ1n) is 1.90. The minimum atomic E-state index is -0.800. The number of hydrogen-bond acceptors (Lipinski definition) is 2. The summed E-state index contributed by atoms with van der Waals surface area (Å²) in [5.74, 6) is 0. The maximum atomic E-state index is 5.71. The SMILES string of the molecule is ClCSC(Cl)(Cl)SCBr. The van der Waals surface area contributed by atoms with E-state index in [4.69, 9.17) is 34.8 Å². The monoisotopic (exact) mass is 288 g/mol. The highest BCUT2D eigenvalue weighted by molar-refractivity contribution is 9.11. The van der Waals surface area contributed by atoms with E-state index in [2.05, 4.69) is 15.9 Å². The lowest BCUT2D eigenvalue weighted by Crippen LogP contribution is -1.99. The Morgan fingerprint density at radius 1 is 1.33 bits per heavy atom. The smallest absolute Gasteiger partial charge is 0.115 e. The van der Waals surface area contributed by atoms with Gasteiger partial charge in [0.2, 0.25) is 3.00 Å². The summed E-state index contributed by atoms with van der Waals surface area (Å²) in [5, 5.41) is 0.410. The zero-order valence-electron chi connectivity index (χ0n) is 4.24. The van der Waals surface area contributed by atoms with Gasteiger partial charge in [-0.25, -0.2) is 0 Å². The normalized spacial score (nSPS) is 12.0. The molecule has 0 atom stereocenters. The predicted octanol–water partition coefficient (Wildman–Crippen LogP) is 4.09. The molecule has 9 heavy (non-hydrogen) atoms. The van der Waals surface area contributed by atoms with Crippen LogP contribution in [0.2, 0.25) is 0 Å². The van der Waals surface area contributed by atoms with Crippen LogP contribution in [0, 0.1) is 0 Å². The molecule has 0 radical (unpaired) electrons. The van der Waals surface area contributed by atoms with Crippen LogP contribution in [-0.4, -0.2) is 12.9 Å². The largest absolute Gasteiger partial charge is 0.211 e. The van der Waals surface area contributed by atoms with Gasteiger partial charge in [-0.15, -0.1) is 23.4 Å². The van der Waals surface area contributed by atoms with Crippen LogP contribution >= 0.6 is 74.3 Å².